The van der Waals surface area contributed by atoms with E-state index in [2.05, 4.69) is 35.6 Å². The molecule has 0 radical (unpaired) electrons. The highest BCUT2D eigenvalue weighted by molar-refractivity contribution is 7.71. The first kappa shape index (κ1) is 34.1. The number of aliphatic imine (C=N–C) groups is 1. The van der Waals surface area contributed by atoms with Gasteiger partial charge in [0.15, 0.2) is 0 Å². The number of nitrogens with one attached hydrogen (secondary N) is 2. The van der Waals surface area contributed by atoms with Crippen LogP contribution in [0.3, 0.4) is 0 Å². The van der Waals surface area contributed by atoms with Crippen LogP contribution in [0.25, 0.3) is 16.6 Å². The lowest BCUT2D eigenvalue weighted by molar-refractivity contribution is -0.395. The number of hydrogen-bond acceptors (Lipinski definition) is 17. The van der Waals surface area contributed by atoms with Gasteiger partial charge >= 0.3 is 12.2 Å². The molecular formula is C28H34N9O8P. The Balaban J connectivity index is 1.84. The summed E-state index contributed by atoms with van der Waals surface area (Å²) in [5, 5.41) is 66.2. The van der Waals surface area contributed by atoms with Crippen molar-refractivity contribution in [2.45, 2.75) is 19.1 Å². The van der Waals surface area contributed by atoms with E-state index in [0.29, 0.717) is 33.4 Å². The molecule has 0 unspecified atom stereocenters. The van der Waals surface area contributed by atoms with Crippen LogP contribution in [0.15, 0.2) is 54.0 Å². The van der Waals surface area contributed by atoms with Crippen LogP contribution < -0.4 is 31.3 Å². The largest absolute Gasteiger partial charge is 0.494 e. The summed E-state index contributed by atoms with van der Waals surface area (Å²) in [7, 11) is -0.187. The predicted octanol–water partition coefficient (Wildman–Crippen LogP) is 0.455. The Bertz CT molecular complexity index is 1850. The maximum Gasteiger partial charge on any atom is 0.375 e. The Labute approximate surface area is 262 Å². The molecule has 10 N–H and O–H groups in total. The van der Waals surface area contributed by atoms with Crippen molar-refractivity contribution in [1.82, 2.24) is 19.9 Å². The van der Waals surface area contributed by atoms with Crippen LogP contribution in [-0.2, 0) is 4.57 Å². The Hall–Kier alpha value is -4.74. The molecule has 2 aromatic carbocycles. The van der Waals surface area contributed by atoms with Gasteiger partial charge in [-0.3, -0.25) is 15.0 Å². The normalized spacial score (nSPS) is 12.9. The molecule has 0 aliphatic carbocycles. The molecular weight excluding hydrogens is 621 g/mol. The van der Waals surface area contributed by atoms with Crippen LogP contribution in [0.5, 0.6) is 5.75 Å². The highest BCUT2D eigenvalue weighted by Crippen LogP contribution is 2.42. The Morgan fingerprint density at radius 3 is 2.28 bits per heavy atom. The number of anilines is 5. The minimum atomic E-state index is -3.98. The summed E-state index contributed by atoms with van der Waals surface area (Å²) in [6, 6.07) is 5.86. The third-order valence-corrected chi connectivity index (χ3v) is 8.07. The van der Waals surface area contributed by atoms with Gasteiger partial charge in [0.2, 0.25) is 5.95 Å². The number of aliphatic hydroxyl groups is 6. The van der Waals surface area contributed by atoms with E-state index >= 15 is 0 Å². The number of methoxy groups -OCH3 is 1. The van der Waals surface area contributed by atoms with E-state index in [4.69, 9.17) is 10.5 Å². The smallest absolute Gasteiger partial charge is 0.375 e. The number of aromatic nitrogens is 4. The van der Waals surface area contributed by atoms with Crippen molar-refractivity contribution in [2.75, 3.05) is 43.0 Å². The molecule has 244 valence electrons. The number of hydrogen-bond donors (Lipinski definition) is 9. The molecule has 0 spiro atoms. The summed E-state index contributed by atoms with van der Waals surface area (Å²) in [5.74, 6) is 0.340. The fraction of sp³-hybridized carbons (Fsp3) is 0.250. The maximum absolute atomic E-state index is 13.4. The van der Waals surface area contributed by atoms with Crippen LogP contribution in [0, 0.1) is 6.92 Å². The van der Waals surface area contributed by atoms with Crippen LogP contribution in [0.4, 0.5) is 28.8 Å². The van der Waals surface area contributed by atoms with Gasteiger partial charge in [-0.2, -0.15) is 4.98 Å². The molecule has 46 heavy (non-hydrogen) atoms. The number of aryl methyl sites for hydroxylation is 1. The lowest BCUT2D eigenvalue weighted by Crippen LogP contribution is -2.62. The summed E-state index contributed by atoms with van der Waals surface area (Å²) in [6.45, 7) is 5.03. The number of nitrogens with two attached hydrogens (primary N) is 1. The highest BCUT2D eigenvalue weighted by atomic mass is 31.2. The maximum atomic E-state index is 13.4. The van der Waals surface area contributed by atoms with Crippen molar-refractivity contribution in [3.63, 3.8) is 0 Å². The lowest BCUT2D eigenvalue weighted by Gasteiger charge is -2.38. The quantitative estimate of drug-likeness (QED) is 0.0603. The monoisotopic (exact) mass is 655 g/mol. The van der Waals surface area contributed by atoms with E-state index in [-0.39, 0.29) is 33.4 Å². The zero-order chi connectivity index (χ0) is 34.0. The fourth-order valence-electron chi connectivity index (χ4n) is 4.66. The van der Waals surface area contributed by atoms with Crippen molar-refractivity contribution >= 4 is 64.1 Å². The van der Waals surface area contributed by atoms with Crippen molar-refractivity contribution in [3.8, 4) is 5.75 Å². The van der Waals surface area contributed by atoms with Gasteiger partial charge < -0.3 is 56.3 Å². The number of fused-ring (bicyclic) bond motifs is 1. The van der Waals surface area contributed by atoms with E-state index in [9.17, 15) is 35.2 Å². The standard InChI is InChI=1S/C28H34N9O8P/c1-15-13-33-26(36-25(15)34-19-7-6-18-23(32-9-8-31-18)24(19)46(4,5)44)35-20-10-17(16(12-29)14-30-2)21(11-22(20)45-3)37(27(38,39)40)28(41,42)43/h6-14,38-43H,29H2,1-5H3,(H2,33,34,35,36). The van der Waals surface area contributed by atoms with Crippen molar-refractivity contribution < 1.29 is 39.9 Å². The van der Waals surface area contributed by atoms with E-state index in [1.807, 2.05) is 0 Å². The molecule has 18 heteroatoms. The molecule has 0 aliphatic rings. The summed E-state index contributed by atoms with van der Waals surface area (Å²) in [5.41, 5.74) is 7.61. The molecule has 0 amide bonds. The predicted molar refractivity (Wildman–Crippen MR) is 173 cm³/mol. The van der Waals surface area contributed by atoms with Crippen LogP contribution in [0.2, 0.25) is 0 Å². The zero-order valence-corrected chi connectivity index (χ0v) is 26.3. The second kappa shape index (κ2) is 12.9. The minimum absolute atomic E-state index is 0.0457. The molecule has 2 heterocycles. The van der Waals surface area contributed by atoms with E-state index in [0.717, 1.165) is 12.3 Å². The van der Waals surface area contributed by atoms with Gasteiger partial charge in [-0.1, -0.05) is 0 Å². The lowest BCUT2D eigenvalue weighted by atomic mass is 10.0. The third-order valence-electron chi connectivity index (χ3n) is 6.54. The summed E-state index contributed by atoms with van der Waals surface area (Å²) in [6.07, 6.45) is -1.03. The number of nitrogens with zero attached hydrogens (tertiary/aromatic N) is 6. The van der Waals surface area contributed by atoms with Crippen LogP contribution in [0.1, 0.15) is 11.1 Å². The van der Waals surface area contributed by atoms with E-state index in [1.165, 1.54) is 38.8 Å². The topological polar surface area (TPSA) is 265 Å². The molecule has 0 aliphatic heterocycles. The second-order valence-corrected chi connectivity index (χ2v) is 13.5. The molecule has 0 atom stereocenters. The van der Waals surface area contributed by atoms with E-state index < -0.39 is 25.0 Å². The average molecular weight is 656 g/mol. The second-order valence-electron chi connectivity index (χ2n) is 10.3. The van der Waals surface area contributed by atoms with Gasteiger partial charge in [-0.05, 0) is 38.5 Å². The van der Waals surface area contributed by atoms with Gasteiger partial charge in [0.05, 0.1) is 35.0 Å². The van der Waals surface area contributed by atoms with Gasteiger partial charge in [-0.15, -0.1) is 0 Å². The zero-order valence-electron chi connectivity index (χ0n) is 25.4. The van der Waals surface area contributed by atoms with Gasteiger partial charge in [0.1, 0.15) is 24.2 Å². The minimum Gasteiger partial charge on any atom is -0.494 e. The van der Waals surface area contributed by atoms with Crippen molar-refractivity contribution in [1.29, 1.82) is 0 Å². The first-order valence-corrected chi connectivity index (χ1v) is 16.0. The number of allylic oxidation sites excluding steroid dienone is 1. The highest BCUT2D eigenvalue weighted by Gasteiger charge is 2.46. The van der Waals surface area contributed by atoms with Gasteiger partial charge in [-0.25, -0.2) is 9.88 Å². The van der Waals surface area contributed by atoms with Gasteiger partial charge in [0.25, 0.3) is 0 Å². The number of benzene rings is 2. The number of ether oxygens (including phenoxy) is 1. The summed E-state index contributed by atoms with van der Waals surface area (Å²) < 4.78 is 18.8. The molecule has 2 aromatic heterocycles. The Kier molecular flexibility index (Phi) is 9.60. The van der Waals surface area contributed by atoms with Crippen molar-refractivity contribution in [2.24, 2.45) is 10.7 Å². The van der Waals surface area contributed by atoms with Crippen LogP contribution >= 0.6 is 7.14 Å². The van der Waals surface area contributed by atoms with Gasteiger partial charge in [0, 0.05) is 60.8 Å². The first-order chi connectivity index (χ1) is 21.5. The third kappa shape index (κ3) is 7.21. The Morgan fingerprint density at radius 2 is 1.70 bits per heavy atom. The van der Waals surface area contributed by atoms with E-state index in [1.54, 1.807) is 38.6 Å². The first-order valence-electron chi connectivity index (χ1n) is 13.4. The van der Waals surface area contributed by atoms with Crippen LogP contribution in [-0.4, -0.2) is 96.5 Å². The fourth-order valence-corrected chi connectivity index (χ4v) is 6.06. The molecule has 0 saturated heterocycles. The SMILES string of the molecule is CN=CC(=CN)c1cc(Nc2ncc(C)c(Nc3ccc4nccnc4c3P(C)(C)=O)n2)c(OC)cc1N(C(O)(O)O)C(O)(O)O. The molecule has 4 rings (SSSR count). The summed E-state index contributed by atoms with van der Waals surface area (Å²) >= 11 is 0. The number of rotatable bonds is 11. The Morgan fingerprint density at radius 1 is 1.02 bits per heavy atom. The molecule has 17 nitrogen and oxygen atoms in total. The molecule has 0 bridgehead atoms. The summed E-state index contributed by atoms with van der Waals surface area (Å²) in [4.78, 5) is 21.2. The average Bonchev–Trinajstić information content (AvgIpc) is 2.96. The molecule has 0 saturated carbocycles. The molecule has 4 aromatic rings. The molecule has 0 fully saturated rings. The van der Waals surface area contributed by atoms with Crippen molar-refractivity contribution in [3.05, 3.63) is 60.2 Å².